The first-order chi connectivity index (χ1) is 9.13. The van der Waals surface area contributed by atoms with E-state index in [9.17, 15) is 4.79 Å². The van der Waals surface area contributed by atoms with E-state index in [1.54, 1.807) is 23.5 Å². The molecule has 2 aromatic heterocycles. The van der Waals surface area contributed by atoms with Gasteiger partial charge in [0.1, 0.15) is 0 Å². The van der Waals surface area contributed by atoms with Gasteiger partial charge in [-0.3, -0.25) is 4.79 Å². The summed E-state index contributed by atoms with van der Waals surface area (Å²) in [5, 5.41) is 5.48. The summed E-state index contributed by atoms with van der Waals surface area (Å²) in [6.45, 7) is 0. The smallest absolute Gasteiger partial charge is 0.265 e. The monoisotopic (exact) mass is 371 g/mol. The molecule has 0 saturated heterocycles. The van der Waals surface area contributed by atoms with Gasteiger partial charge < -0.3 is 5.32 Å². The van der Waals surface area contributed by atoms with Crippen LogP contribution in [-0.2, 0) is 0 Å². The van der Waals surface area contributed by atoms with Crippen molar-refractivity contribution in [3.63, 3.8) is 0 Å². The van der Waals surface area contributed by atoms with Gasteiger partial charge in [-0.05, 0) is 51.6 Å². The van der Waals surface area contributed by atoms with Gasteiger partial charge in [0.15, 0.2) is 0 Å². The van der Waals surface area contributed by atoms with Crippen molar-refractivity contribution in [2.24, 2.45) is 0 Å². The largest absolute Gasteiger partial charge is 0.320 e. The minimum Gasteiger partial charge on any atom is -0.320 e. The average Bonchev–Trinajstić information content (AvgIpc) is 2.94. The molecule has 2 nitrogen and oxygen atoms in total. The second kappa shape index (κ2) is 5.25. The van der Waals surface area contributed by atoms with Gasteiger partial charge in [0, 0.05) is 18.9 Å². The molecule has 0 bridgehead atoms. The number of hydrogen-bond donors (Lipinski definition) is 1. The number of amides is 1. The normalized spacial score (nSPS) is 10.8. The number of carbonyl (C=O) groups excluding carboxylic acids is 1. The van der Waals surface area contributed by atoms with Crippen molar-refractivity contribution in [1.29, 1.82) is 0 Å². The van der Waals surface area contributed by atoms with Gasteiger partial charge in [0.05, 0.1) is 10.6 Å². The van der Waals surface area contributed by atoms with E-state index in [1.165, 1.54) is 11.3 Å². The fourth-order valence-electron chi connectivity index (χ4n) is 1.65. The maximum absolute atomic E-state index is 12.2. The van der Waals surface area contributed by atoms with Crippen LogP contribution in [0.1, 0.15) is 9.67 Å². The minimum absolute atomic E-state index is 0.114. The van der Waals surface area contributed by atoms with Crippen LogP contribution in [0.5, 0.6) is 0 Å². The molecule has 1 aromatic carbocycles. The number of fused-ring (bicyclic) bond motifs is 1. The van der Waals surface area contributed by atoms with E-state index in [2.05, 4.69) is 21.2 Å². The zero-order chi connectivity index (χ0) is 13.4. The Kier molecular flexibility index (Phi) is 3.62. The molecule has 3 rings (SSSR count). The summed E-state index contributed by atoms with van der Waals surface area (Å²) >= 11 is 12.4. The number of nitrogens with one attached hydrogen (secondary N) is 1. The van der Waals surface area contributed by atoms with E-state index in [0.29, 0.717) is 15.6 Å². The molecule has 19 heavy (non-hydrogen) atoms. The SMILES string of the molecule is O=C(Nc1cc(Cl)ccc1Br)c1cc2sccc2s1. The van der Waals surface area contributed by atoms with Crippen molar-refractivity contribution in [2.45, 2.75) is 0 Å². The van der Waals surface area contributed by atoms with Crippen LogP contribution in [-0.4, -0.2) is 5.91 Å². The Labute approximate surface area is 131 Å². The van der Waals surface area contributed by atoms with Crippen LogP contribution in [0.4, 0.5) is 5.69 Å². The zero-order valence-electron chi connectivity index (χ0n) is 9.44. The number of benzene rings is 1. The standard InChI is InChI=1S/C13H7BrClNOS2/c14-8-2-1-7(15)5-9(8)16-13(17)12-6-11-10(19-12)3-4-18-11/h1-6H,(H,16,17). The Morgan fingerprint density at radius 3 is 2.84 bits per heavy atom. The van der Waals surface area contributed by atoms with Crippen molar-refractivity contribution in [2.75, 3.05) is 5.32 Å². The van der Waals surface area contributed by atoms with Gasteiger partial charge in [-0.25, -0.2) is 0 Å². The molecule has 0 aliphatic rings. The van der Waals surface area contributed by atoms with Crippen molar-refractivity contribution >= 4 is 71.2 Å². The molecule has 0 fully saturated rings. The van der Waals surface area contributed by atoms with Crippen LogP contribution in [0.15, 0.2) is 40.2 Å². The second-order valence-corrected chi connectivity index (χ2v) is 7.16. The van der Waals surface area contributed by atoms with E-state index < -0.39 is 0 Å². The highest BCUT2D eigenvalue weighted by molar-refractivity contribution is 9.10. The molecule has 1 amide bonds. The van der Waals surface area contributed by atoms with E-state index in [4.69, 9.17) is 11.6 Å². The fourth-order valence-corrected chi connectivity index (χ4v) is 4.18. The molecule has 2 heterocycles. The zero-order valence-corrected chi connectivity index (χ0v) is 13.4. The number of halogens is 2. The van der Waals surface area contributed by atoms with E-state index >= 15 is 0 Å². The topological polar surface area (TPSA) is 29.1 Å². The van der Waals surface area contributed by atoms with Crippen molar-refractivity contribution < 1.29 is 4.79 Å². The number of anilines is 1. The summed E-state index contributed by atoms with van der Waals surface area (Å²) in [5.41, 5.74) is 0.675. The summed E-state index contributed by atoms with van der Waals surface area (Å²) in [6, 6.07) is 9.24. The van der Waals surface area contributed by atoms with Crippen LogP contribution in [0.25, 0.3) is 9.40 Å². The quantitative estimate of drug-likeness (QED) is 0.620. The van der Waals surface area contributed by atoms with Gasteiger partial charge in [-0.2, -0.15) is 0 Å². The summed E-state index contributed by atoms with van der Waals surface area (Å²) < 4.78 is 3.09. The van der Waals surface area contributed by atoms with Crippen LogP contribution in [0.3, 0.4) is 0 Å². The predicted octanol–water partition coefficient (Wildman–Crippen LogP) is 5.63. The summed E-state index contributed by atoms with van der Waals surface area (Å²) in [4.78, 5) is 12.9. The number of rotatable bonds is 2. The molecule has 0 aliphatic heterocycles. The van der Waals surface area contributed by atoms with E-state index in [1.807, 2.05) is 23.6 Å². The summed E-state index contributed by atoms with van der Waals surface area (Å²) in [6.07, 6.45) is 0. The molecular weight excluding hydrogens is 366 g/mol. The molecule has 0 saturated carbocycles. The molecule has 0 aliphatic carbocycles. The Morgan fingerprint density at radius 1 is 1.21 bits per heavy atom. The average molecular weight is 373 g/mol. The summed E-state index contributed by atoms with van der Waals surface area (Å²) in [7, 11) is 0. The van der Waals surface area contributed by atoms with Gasteiger partial charge in [-0.1, -0.05) is 11.6 Å². The first-order valence-corrected chi connectivity index (χ1v) is 8.23. The highest BCUT2D eigenvalue weighted by Gasteiger charge is 2.12. The highest BCUT2D eigenvalue weighted by Crippen LogP contribution is 2.31. The van der Waals surface area contributed by atoms with Crippen molar-refractivity contribution in [3.8, 4) is 0 Å². The molecule has 0 spiro atoms. The number of carbonyl (C=O) groups is 1. The van der Waals surface area contributed by atoms with Crippen molar-refractivity contribution in [3.05, 3.63) is 50.1 Å². The molecule has 1 N–H and O–H groups in total. The number of hydrogen-bond acceptors (Lipinski definition) is 3. The Hall–Kier alpha value is -0.880. The van der Waals surface area contributed by atoms with E-state index in [0.717, 1.165) is 13.9 Å². The van der Waals surface area contributed by atoms with Gasteiger partial charge in [-0.15, -0.1) is 22.7 Å². The third kappa shape index (κ3) is 2.69. The molecule has 0 unspecified atom stereocenters. The molecule has 96 valence electrons. The Bertz CT molecular complexity index is 736. The van der Waals surface area contributed by atoms with Gasteiger partial charge in [0.25, 0.3) is 5.91 Å². The van der Waals surface area contributed by atoms with E-state index in [-0.39, 0.29) is 5.91 Å². The maximum atomic E-state index is 12.2. The van der Waals surface area contributed by atoms with Crippen LogP contribution in [0.2, 0.25) is 5.02 Å². The first-order valence-electron chi connectivity index (χ1n) is 5.37. The van der Waals surface area contributed by atoms with Crippen LogP contribution >= 0.6 is 50.2 Å². The molecular formula is C13H7BrClNOS2. The fraction of sp³-hybridized carbons (Fsp3) is 0. The third-order valence-corrected chi connectivity index (χ3v) is 5.56. The van der Waals surface area contributed by atoms with Gasteiger partial charge >= 0.3 is 0 Å². The summed E-state index contributed by atoms with van der Waals surface area (Å²) in [5.74, 6) is -0.114. The minimum atomic E-state index is -0.114. The lowest BCUT2D eigenvalue weighted by atomic mass is 10.3. The molecule has 6 heteroatoms. The number of thiophene rings is 2. The Morgan fingerprint density at radius 2 is 2.05 bits per heavy atom. The molecule has 3 aromatic rings. The van der Waals surface area contributed by atoms with Gasteiger partial charge in [0.2, 0.25) is 0 Å². The second-order valence-electron chi connectivity index (χ2n) is 3.84. The lowest BCUT2D eigenvalue weighted by molar-refractivity contribution is 0.103. The predicted molar refractivity (Wildman–Crippen MR) is 86.8 cm³/mol. The van der Waals surface area contributed by atoms with Crippen molar-refractivity contribution in [1.82, 2.24) is 0 Å². The third-order valence-electron chi connectivity index (χ3n) is 2.54. The maximum Gasteiger partial charge on any atom is 0.265 e. The van der Waals surface area contributed by atoms with Crippen LogP contribution < -0.4 is 5.32 Å². The lowest BCUT2D eigenvalue weighted by Gasteiger charge is -2.06. The molecule has 0 radical (unpaired) electrons. The first kappa shape index (κ1) is 13.1. The highest BCUT2D eigenvalue weighted by atomic mass is 79.9. The molecule has 0 atom stereocenters. The van der Waals surface area contributed by atoms with Crippen LogP contribution in [0, 0.1) is 0 Å². The lowest BCUT2D eigenvalue weighted by Crippen LogP contribution is -2.10. The Balaban J connectivity index is 1.88.